The van der Waals surface area contributed by atoms with Crippen molar-refractivity contribution in [3.63, 3.8) is 0 Å². The van der Waals surface area contributed by atoms with Gasteiger partial charge in [-0.2, -0.15) is 5.26 Å². The fourth-order valence-corrected chi connectivity index (χ4v) is 3.19. The van der Waals surface area contributed by atoms with Crippen molar-refractivity contribution in [1.82, 2.24) is 0 Å². The first-order valence-corrected chi connectivity index (χ1v) is 8.88. The van der Waals surface area contributed by atoms with Crippen molar-refractivity contribution in [3.8, 4) is 17.6 Å². The molecule has 8 heteroatoms. The molecule has 0 aliphatic carbocycles. The van der Waals surface area contributed by atoms with Crippen LogP contribution in [0.25, 0.3) is 0 Å². The zero-order valence-corrected chi connectivity index (χ0v) is 15.1. The molecule has 6 nitrogen and oxygen atoms in total. The molecule has 2 aromatic rings. The summed E-state index contributed by atoms with van der Waals surface area (Å²) in [5.74, 6) is 1.01. The molecule has 0 unspecified atom stereocenters. The van der Waals surface area contributed by atoms with Crippen molar-refractivity contribution in [2.75, 3.05) is 19.5 Å². The van der Waals surface area contributed by atoms with Crippen LogP contribution in [0.2, 0.25) is 5.02 Å². The summed E-state index contributed by atoms with van der Waals surface area (Å²) < 4.78 is 35.3. The summed E-state index contributed by atoms with van der Waals surface area (Å²) in [4.78, 5) is -0.441. The second-order valence-corrected chi connectivity index (χ2v) is 7.15. The summed E-state index contributed by atoms with van der Waals surface area (Å²) >= 11 is 5.76. The molecule has 0 atom stereocenters. The Morgan fingerprint density at radius 1 is 1.12 bits per heavy atom. The summed E-state index contributed by atoms with van der Waals surface area (Å²) in [6, 6.07) is 12.2. The molecule has 2 rings (SSSR count). The van der Waals surface area contributed by atoms with Crippen LogP contribution in [0.5, 0.6) is 11.5 Å². The lowest BCUT2D eigenvalue weighted by Crippen LogP contribution is -2.05. The fourth-order valence-electron chi connectivity index (χ4n) is 1.99. The number of nitrogens with one attached hydrogen (secondary N) is 1. The Morgan fingerprint density at radius 3 is 2.32 bits per heavy atom. The van der Waals surface area contributed by atoms with Gasteiger partial charge in [-0.1, -0.05) is 11.6 Å². The van der Waals surface area contributed by atoms with E-state index in [-0.39, 0.29) is 4.90 Å². The number of benzene rings is 2. The van der Waals surface area contributed by atoms with Gasteiger partial charge in [-0.05, 0) is 36.4 Å². The van der Waals surface area contributed by atoms with E-state index in [4.69, 9.17) is 21.1 Å². The molecular weight excluding hydrogens is 364 g/mol. The van der Waals surface area contributed by atoms with Crippen LogP contribution in [0.1, 0.15) is 0 Å². The lowest BCUT2D eigenvalue weighted by atomic mass is 10.3. The normalized spacial score (nSPS) is 11.5. The Balaban J connectivity index is 2.32. The summed E-state index contributed by atoms with van der Waals surface area (Å²) in [6.45, 7) is 0. The molecule has 0 aromatic heterocycles. The molecule has 0 radical (unpaired) electrons. The van der Waals surface area contributed by atoms with E-state index in [1.165, 1.54) is 38.5 Å². The van der Waals surface area contributed by atoms with Gasteiger partial charge in [-0.25, -0.2) is 8.42 Å². The zero-order valence-electron chi connectivity index (χ0n) is 13.5. The van der Waals surface area contributed by atoms with Crippen molar-refractivity contribution in [2.24, 2.45) is 0 Å². The predicted octanol–water partition coefficient (Wildman–Crippen LogP) is 3.61. The molecule has 0 amide bonds. The number of allylic oxidation sites excluding steroid dienone is 1. The summed E-state index contributed by atoms with van der Waals surface area (Å²) in [5, 5.41) is 12.4. The second-order valence-electron chi connectivity index (χ2n) is 4.79. The van der Waals surface area contributed by atoms with Gasteiger partial charge in [-0.3, -0.25) is 0 Å². The lowest BCUT2D eigenvalue weighted by Gasteiger charge is -2.10. The Hall–Kier alpha value is -2.69. The third-order valence-electron chi connectivity index (χ3n) is 3.28. The van der Waals surface area contributed by atoms with Crippen LogP contribution in [0.15, 0.2) is 58.5 Å². The highest BCUT2D eigenvalue weighted by Gasteiger charge is 2.20. The molecule has 130 valence electrons. The van der Waals surface area contributed by atoms with Gasteiger partial charge >= 0.3 is 0 Å². The van der Waals surface area contributed by atoms with Crippen molar-refractivity contribution in [2.45, 2.75) is 4.90 Å². The molecule has 0 heterocycles. The molecule has 0 fully saturated rings. The minimum Gasteiger partial charge on any atom is -0.493 e. The Kier molecular flexibility index (Phi) is 5.91. The highest BCUT2D eigenvalue weighted by molar-refractivity contribution is 7.95. The van der Waals surface area contributed by atoms with Crippen LogP contribution in [0.4, 0.5) is 5.69 Å². The van der Waals surface area contributed by atoms with Crippen molar-refractivity contribution in [1.29, 1.82) is 5.26 Å². The molecule has 2 aromatic carbocycles. The number of methoxy groups -OCH3 is 2. The largest absolute Gasteiger partial charge is 0.493 e. The minimum atomic E-state index is -3.94. The number of anilines is 1. The topological polar surface area (TPSA) is 88.4 Å². The predicted molar refractivity (Wildman–Crippen MR) is 95.5 cm³/mol. The third kappa shape index (κ3) is 4.24. The highest BCUT2D eigenvalue weighted by Crippen LogP contribution is 2.30. The SMILES string of the molecule is COc1ccc(N/C=C(/C#N)S(=O)(=O)c2ccc(Cl)cc2)cc1OC. The highest BCUT2D eigenvalue weighted by atomic mass is 35.5. The fraction of sp³-hybridized carbons (Fsp3) is 0.118. The summed E-state index contributed by atoms with van der Waals surface area (Å²) in [5.41, 5.74) is 0.539. The molecule has 0 aliphatic heterocycles. The minimum absolute atomic E-state index is 0.0150. The van der Waals surface area contributed by atoms with Gasteiger partial charge in [0.25, 0.3) is 0 Å². The Morgan fingerprint density at radius 2 is 1.76 bits per heavy atom. The third-order valence-corrected chi connectivity index (χ3v) is 5.21. The van der Waals surface area contributed by atoms with E-state index in [0.29, 0.717) is 22.2 Å². The maximum atomic E-state index is 12.5. The summed E-state index contributed by atoms with van der Waals surface area (Å²) in [6.07, 6.45) is 1.13. The first kappa shape index (κ1) is 18.6. The number of halogens is 1. The van der Waals surface area contributed by atoms with Gasteiger partial charge in [0, 0.05) is 23.0 Å². The van der Waals surface area contributed by atoms with E-state index < -0.39 is 14.7 Å². The monoisotopic (exact) mass is 378 g/mol. The van der Waals surface area contributed by atoms with Crippen LogP contribution in [0, 0.1) is 11.3 Å². The van der Waals surface area contributed by atoms with E-state index in [2.05, 4.69) is 5.32 Å². The van der Waals surface area contributed by atoms with Crippen LogP contribution in [-0.2, 0) is 9.84 Å². The average molecular weight is 379 g/mol. The summed E-state index contributed by atoms with van der Waals surface area (Å²) in [7, 11) is -0.943. The van der Waals surface area contributed by atoms with E-state index in [1.807, 2.05) is 0 Å². The van der Waals surface area contributed by atoms with Gasteiger partial charge in [0.05, 0.1) is 19.1 Å². The average Bonchev–Trinajstić information content (AvgIpc) is 2.62. The van der Waals surface area contributed by atoms with Gasteiger partial charge in [0.2, 0.25) is 9.84 Å². The van der Waals surface area contributed by atoms with Crippen LogP contribution in [0.3, 0.4) is 0 Å². The van der Waals surface area contributed by atoms with Crippen LogP contribution in [-0.4, -0.2) is 22.6 Å². The first-order valence-electron chi connectivity index (χ1n) is 7.02. The lowest BCUT2D eigenvalue weighted by molar-refractivity contribution is 0.355. The van der Waals surface area contributed by atoms with E-state index >= 15 is 0 Å². The standard InChI is InChI=1S/C17H15ClN2O4S/c1-23-16-8-5-13(9-17(16)24-2)20-11-15(10-19)25(21,22)14-6-3-12(18)4-7-14/h3-9,11,20H,1-2H3/b15-11-. The molecule has 0 aliphatic rings. The molecule has 1 N–H and O–H groups in total. The molecule has 0 spiro atoms. The van der Waals surface area contributed by atoms with Crippen molar-refractivity contribution < 1.29 is 17.9 Å². The maximum absolute atomic E-state index is 12.5. The van der Waals surface area contributed by atoms with E-state index in [1.54, 1.807) is 24.3 Å². The number of ether oxygens (including phenoxy) is 2. The molecule has 0 saturated carbocycles. The molecule has 0 saturated heterocycles. The van der Waals surface area contributed by atoms with Gasteiger partial charge in [0.1, 0.15) is 6.07 Å². The van der Waals surface area contributed by atoms with Gasteiger partial charge in [0.15, 0.2) is 16.4 Å². The quantitative estimate of drug-likeness (QED) is 0.772. The van der Waals surface area contributed by atoms with Crippen molar-refractivity contribution in [3.05, 3.63) is 58.6 Å². The second kappa shape index (κ2) is 7.92. The molecule has 0 bridgehead atoms. The zero-order chi connectivity index (χ0) is 18.4. The first-order chi connectivity index (χ1) is 11.9. The van der Waals surface area contributed by atoms with Crippen LogP contribution < -0.4 is 14.8 Å². The van der Waals surface area contributed by atoms with Gasteiger partial charge < -0.3 is 14.8 Å². The van der Waals surface area contributed by atoms with E-state index in [0.717, 1.165) is 6.20 Å². The number of nitrogens with zero attached hydrogens (tertiary/aromatic N) is 1. The number of rotatable bonds is 6. The number of hydrogen-bond acceptors (Lipinski definition) is 6. The number of sulfone groups is 1. The molecule has 25 heavy (non-hydrogen) atoms. The van der Waals surface area contributed by atoms with Crippen molar-refractivity contribution >= 4 is 27.1 Å². The van der Waals surface area contributed by atoms with E-state index in [9.17, 15) is 13.7 Å². The number of nitriles is 1. The van der Waals surface area contributed by atoms with Crippen LogP contribution >= 0.6 is 11.6 Å². The molecular formula is C17H15ClN2O4S. The maximum Gasteiger partial charge on any atom is 0.218 e. The van der Waals surface area contributed by atoms with Gasteiger partial charge in [-0.15, -0.1) is 0 Å². The number of hydrogen-bond donors (Lipinski definition) is 1. The Bertz CT molecular complexity index is 932. The smallest absolute Gasteiger partial charge is 0.218 e. The Labute approximate surface area is 151 Å².